The summed E-state index contributed by atoms with van der Waals surface area (Å²) in [6.45, 7) is 0. The Kier molecular flexibility index (Phi) is 3.46. The number of benzene rings is 1. The summed E-state index contributed by atoms with van der Waals surface area (Å²) < 4.78 is 1.25. The van der Waals surface area contributed by atoms with Crippen LogP contribution in [0.25, 0.3) is 21.5 Å². The molecule has 26 heavy (non-hydrogen) atoms. The van der Waals surface area contributed by atoms with Gasteiger partial charge in [-0.05, 0) is 36.6 Å². The quantitative estimate of drug-likeness (QED) is 0.593. The number of hydrogen-bond acceptors (Lipinski definition) is 6. The molecule has 5 nitrogen and oxygen atoms in total. The maximum atomic E-state index is 5.56. The number of rotatable bonds is 3. The number of fused-ring (bicyclic) bond motifs is 1. The number of anilines is 1. The molecule has 5 rings (SSSR count). The maximum absolute atomic E-state index is 5.56. The van der Waals surface area contributed by atoms with Crippen molar-refractivity contribution in [3.8, 4) is 11.3 Å². The molecule has 6 heteroatoms. The SMILES string of the molecule is Nc1ncc(-c2ccc(C3(c4nc5ccccc5s4)CCC3)cn2)cn1. The smallest absolute Gasteiger partial charge is 0.219 e. The average Bonchev–Trinajstić information content (AvgIpc) is 3.06. The maximum Gasteiger partial charge on any atom is 0.219 e. The van der Waals surface area contributed by atoms with E-state index in [2.05, 4.69) is 39.2 Å². The molecule has 0 saturated heterocycles. The molecule has 0 bridgehead atoms. The summed E-state index contributed by atoms with van der Waals surface area (Å²) in [5, 5.41) is 1.20. The Morgan fingerprint density at radius 2 is 1.73 bits per heavy atom. The number of thiazole rings is 1. The van der Waals surface area contributed by atoms with Crippen LogP contribution in [0, 0.1) is 0 Å². The molecule has 0 aliphatic heterocycles. The van der Waals surface area contributed by atoms with Crippen LogP contribution < -0.4 is 5.73 Å². The molecule has 0 unspecified atom stereocenters. The average molecular weight is 359 g/mol. The lowest BCUT2D eigenvalue weighted by atomic mass is 9.65. The Morgan fingerprint density at radius 1 is 0.923 bits per heavy atom. The van der Waals surface area contributed by atoms with Crippen molar-refractivity contribution in [1.82, 2.24) is 19.9 Å². The molecule has 1 fully saturated rings. The fourth-order valence-electron chi connectivity index (χ4n) is 3.55. The third-order valence-electron chi connectivity index (χ3n) is 5.19. The molecule has 0 atom stereocenters. The highest BCUT2D eigenvalue weighted by Gasteiger charge is 2.43. The fourth-order valence-corrected chi connectivity index (χ4v) is 4.79. The van der Waals surface area contributed by atoms with Crippen LogP contribution >= 0.6 is 11.3 Å². The van der Waals surface area contributed by atoms with Crippen molar-refractivity contribution in [2.75, 3.05) is 5.73 Å². The third kappa shape index (κ3) is 2.37. The second kappa shape index (κ2) is 5.85. The largest absolute Gasteiger partial charge is 0.368 e. The van der Waals surface area contributed by atoms with E-state index >= 15 is 0 Å². The van der Waals surface area contributed by atoms with E-state index in [-0.39, 0.29) is 11.4 Å². The Balaban J connectivity index is 1.53. The van der Waals surface area contributed by atoms with E-state index in [0.717, 1.165) is 29.6 Å². The van der Waals surface area contributed by atoms with Crippen LogP contribution in [-0.4, -0.2) is 19.9 Å². The van der Waals surface area contributed by atoms with E-state index in [0.29, 0.717) is 0 Å². The molecule has 3 heterocycles. The number of nitrogen functional groups attached to an aromatic ring is 1. The lowest BCUT2D eigenvalue weighted by molar-refractivity contribution is 0.300. The number of nitrogens with zero attached hydrogens (tertiary/aromatic N) is 4. The summed E-state index contributed by atoms with van der Waals surface area (Å²) >= 11 is 1.80. The van der Waals surface area contributed by atoms with Gasteiger partial charge in [0.25, 0.3) is 0 Å². The summed E-state index contributed by atoms with van der Waals surface area (Å²) in [4.78, 5) is 17.7. The van der Waals surface area contributed by atoms with E-state index in [4.69, 9.17) is 10.7 Å². The first-order chi connectivity index (χ1) is 12.7. The van der Waals surface area contributed by atoms with Gasteiger partial charge in [-0.3, -0.25) is 4.98 Å². The third-order valence-corrected chi connectivity index (χ3v) is 6.43. The zero-order valence-electron chi connectivity index (χ0n) is 14.1. The molecule has 1 aromatic carbocycles. The van der Waals surface area contributed by atoms with Crippen molar-refractivity contribution in [2.24, 2.45) is 0 Å². The van der Waals surface area contributed by atoms with Gasteiger partial charge in [-0.15, -0.1) is 11.3 Å². The topological polar surface area (TPSA) is 77.6 Å². The monoisotopic (exact) mass is 359 g/mol. The molecular formula is C20H17N5S. The van der Waals surface area contributed by atoms with E-state index < -0.39 is 0 Å². The van der Waals surface area contributed by atoms with Gasteiger partial charge >= 0.3 is 0 Å². The van der Waals surface area contributed by atoms with E-state index in [1.54, 1.807) is 23.7 Å². The second-order valence-electron chi connectivity index (χ2n) is 6.68. The Bertz CT molecular complexity index is 1030. The first kappa shape index (κ1) is 15.4. The van der Waals surface area contributed by atoms with Crippen molar-refractivity contribution >= 4 is 27.5 Å². The number of para-hydroxylation sites is 1. The van der Waals surface area contributed by atoms with Crippen LogP contribution in [0.1, 0.15) is 29.8 Å². The number of nitrogens with two attached hydrogens (primary N) is 1. The van der Waals surface area contributed by atoms with Crippen LogP contribution in [0.15, 0.2) is 55.0 Å². The normalized spacial score (nSPS) is 15.7. The summed E-state index contributed by atoms with van der Waals surface area (Å²) in [6.07, 6.45) is 8.87. The fraction of sp³-hybridized carbons (Fsp3) is 0.200. The lowest BCUT2D eigenvalue weighted by Crippen LogP contribution is -2.35. The molecule has 3 aromatic heterocycles. The zero-order valence-corrected chi connectivity index (χ0v) is 14.9. The van der Waals surface area contributed by atoms with Crippen LogP contribution in [0.2, 0.25) is 0 Å². The molecule has 1 aliphatic rings. The van der Waals surface area contributed by atoms with Crippen molar-refractivity contribution in [3.63, 3.8) is 0 Å². The lowest BCUT2D eigenvalue weighted by Gasteiger charge is -2.40. The first-order valence-electron chi connectivity index (χ1n) is 8.65. The Labute approximate surface area is 155 Å². The van der Waals surface area contributed by atoms with Crippen molar-refractivity contribution in [2.45, 2.75) is 24.7 Å². The van der Waals surface area contributed by atoms with E-state index in [1.165, 1.54) is 21.7 Å². The van der Waals surface area contributed by atoms with Gasteiger partial charge in [-0.25, -0.2) is 15.0 Å². The number of aromatic nitrogens is 4. The van der Waals surface area contributed by atoms with Crippen LogP contribution in [0.5, 0.6) is 0 Å². The van der Waals surface area contributed by atoms with Crippen molar-refractivity contribution < 1.29 is 0 Å². The first-order valence-corrected chi connectivity index (χ1v) is 9.47. The zero-order chi connectivity index (χ0) is 17.6. The number of hydrogen-bond donors (Lipinski definition) is 1. The summed E-state index contributed by atoms with van der Waals surface area (Å²) in [5.74, 6) is 0.273. The minimum atomic E-state index is 0.00678. The molecule has 4 aromatic rings. The molecular weight excluding hydrogens is 342 g/mol. The Morgan fingerprint density at radius 3 is 2.38 bits per heavy atom. The second-order valence-corrected chi connectivity index (χ2v) is 7.72. The van der Waals surface area contributed by atoms with Gasteiger partial charge in [-0.1, -0.05) is 24.6 Å². The van der Waals surface area contributed by atoms with Gasteiger partial charge in [-0.2, -0.15) is 0 Å². The Hall–Kier alpha value is -2.86. The standard InChI is InChI=1S/C20H17N5S/c21-19-23-10-13(11-24-19)15-7-6-14(12-22-15)20(8-3-9-20)18-25-16-4-1-2-5-17(16)26-18/h1-2,4-7,10-12H,3,8-9H2,(H2,21,23,24). The van der Waals surface area contributed by atoms with Crippen LogP contribution in [0.4, 0.5) is 5.95 Å². The van der Waals surface area contributed by atoms with Gasteiger partial charge in [0.2, 0.25) is 5.95 Å². The molecule has 0 radical (unpaired) electrons. The highest BCUT2D eigenvalue weighted by atomic mass is 32.1. The molecule has 1 aliphatic carbocycles. The highest BCUT2D eigenvalue weighted by molar-refractivity contribution is 7.18. The minimum Gasteiger partial charge on any atom is -0.368 e. The van der Waals surface area contributed by atoms with Crippen LogP contribution in [0.3, 0.4) is 0 Å². The van der Waals surface area contributed by atoms with Gasteiger partial charge in [0.1, 0.15) is 5.01 Å². The van der Waals surface area contributed by atoms with Gasteiger partial charge in [0.05, 0.1) is 15.9 Å². The van der Waals surface area contributed by atoms with Gasteiger partial charge in [0, 0.05) is 29.6 Å². The van der Waals surface area contributed by atoms with Gasteiger partial charge in [0.15, 0.2) is 0 Å². The van der Waals surface area contributed by atoms with Gasteiger partial charge < -0.3 is 5.73 Å². The molecule has 2 N–H and O–H groups in total. The minimum absolute atomic E-state index is 0.00678. The summed E-state index contributed by atoms with van der Waals surface area (Å²) in [5.41, 5.74) is 9.61. The summed E-state index contributed by atoms with van der Waals surface area (Å²) in [6, 6.07) is 12.6. The highest BCUT2D eigenvalue weighted by Crippen LogP contribution is 2.50. The van der Waals surface area contributed by atoms with E-state index in [9.17, 15) is 0 Å². The van der Waals surface area contributed by atoms with Crippen LogP contribution in [-0.2, 0) is 5.41 Å². The number of pyridine rings is 1. The molecule has 0 amide bonds. The summed E-state index contributed by atoms with van der Waals surface area (Å²) in [7, 11) is 0. The van der Waals surface area contributed by atoms with E-state index in [1.807, 2.05) is 18.3 Å². The predicted molar refractivity (Wildman–Crippen MR) is 104 cm³/mol. The van der Waals surface area contributed by atoms with Crippen molar-refractivity contribution in [3.05, 3.63) is 65.6 Å². The molecule has 128 valence electrons. The molecule has 0 spiro atoms. The molecule has 1 saturated carbocycles. The van der Waals surface area contributed by atoms with Crippen molar-refractivity contribution in [1.29, 1.82) is 0 Å². The predicted octanol–water partition coefficient (Wildman–Crippen LogP) is 4.20.